The standard InChI is InChI=1S/C12H25NO2/c1-2-10-4-5-11(9-13)12(8-10)15-7-3-6-14/h10-12,14H,2-9,13H2,1H3. The zero-order chi connectivity index (χ0) is 11.1. The van der Waals surface area contributed by atoms with Gasteiger partial charge in [-0.3, -0.25) is 0 Å². The van der Waals surface area contributed by atoms with Crippen LogP contribution in [0, 0.1) is 11.8 Å². The predicted molar refractivity (Wildman–Crippen MR) is 61.6 cm³/mol. The molecule has 0 heterocycles. The maximum atomic E-state index is 8.71. The molecule has 1 rings (SSSR count). The van der Waals surface area contributed by atoms with E-state index < -0.39 is 0 Å². The van der Waals surface area contributed by atoms with Crippen LogP contribution in [0.5, 0.6) is 0 Å². The summed E-state index contributed by atoms with van der Waals surface area (Å²) in [7, 11) is 0. The molecule has 3 unspecified atom stereocenters. The highest BCUT2D eigenvalue weighted by atomic mass is 16.5. The molecule has 0 spiro atoms. The maximum absolute atomic E-state index is 8.71. The van der Waals surface area contributed by atoms with Crippen LogP contribution in [0.2, 0.25) is 0 Å². The smallest absolute Gasteiger partial charge is 0.0618 e. The second-order valence-corrected chi connectivity index (χ2v) is 4.57. The fourth-order valence-corrected chi connectivity index (χ4v) is 2.42. The average Bonchev–Trinajstić information content (AvgIpc) is 2.29. The van der Waals surface area contributed by atoms with Crippen molar-refractivity contribution < 1.29 is 9.84 Å². The summed E-state index contributed by atoms with van der Waals surface area (Å²) in [4.78, 5) is 0. The van der Waals surface area contributed by atoms with Gasteiger partial charge in [0, 0.05) is 13.2 Å². The zero-order valence-electron chi connectivity index (χ0n) is 9.82. The number of rotatable bonds is 6. The first-order chi connectivity index (χ1) is 7.31. The van der Waals surface area contributed by atoms with Crippen molar-refractivity contribution in [2.75, 3.05) is 19.8 Å². The van der Waals surface area contributed by atoms with Gasteiger partial charge in [-0.15, -0.1) is 0 Å². The van der Waals surface area contributed by atoms with Crippen molar-refractivity contribution in [2.45, 2.75) is 45.1 Å². The monoisotopic (exact) mass is 215 g/mol. The molecule has 3 nitrogen and oxygen atoms in total. The molecule has 1 aliphatic rings. The highest BCUT2D eigenvalue weighted by molar-refractivity contribution is 4.81. The van der Waals surface area contributed by atoms with Gasteiger partial charge in [-0.25, -0.2) is 0 Å². The molecule has 0 aromatic rings. The quantitative estimate of drug-likeness (QED) is 0.661. The van der Waals surface area contributed by atoms with Crippen molar-refractivity contribution in [1.29, 1.82) is 0 Å². The minimum atomic E-state index is 0.219. The van der Waals surface area contributed by atoms with E-state index in [1.165, 1.54) is 19.3 Å². The van der Waals surface area contributed by atoms with Gasteiger partial charge >= 0.3 is 0 Å². The Hall–Kier alpha value is -0.120. The summed E-state index contributed by atoms with van der Waals surface area (Å²) in [6, 6.07) is 0. The van der Waals surface area contributed by atoms with Gasteiger partial charge in [-0.2, -0.15) is 0 Å². The van der Waals surface area contributed by atoms with E-state index in [1.807, 2.05) is 0 Å². The topological polar surface area (TPSA) is 55.5 Å². The Morgan fingerprint density at radius 1 is 1.40 bits per heavy atom. The molecule has 1 saturated carbocycles. The number of nitrogens with two attached hydrogens (primary N) is 1. The minimum absolute atomic E-state index is 0.219. The summed E-state index contributed by atoms with van der Waals surface area (Å²) in [6.07, 6.45) is 5.99. The van der Waals surface area contributed by atoms with Crippen molar-refractivity contribution in [1.82, 2.24) is 0 Å². The lowest BCUT2D eigenvalue weighted by atomic mass is 9.78. The van der Waals surface area contributed by atoms with Gasteiger partial charge in [0.25, 0.3) is 0 Å². The summed E-state index contributed by atoms with van der Waals surface area (Å²) in [5.41, 5.74) is 5.76. The zero-order valence-corrected chi connectivity index (χ0v) is 9.82. The molecular weight excluding hydrogens is 190 g/mol. The van der Waals surface area contributed by atoms with Gasteiger partial charge in [0.2, 0.25) is 0 Å². The van der Waals surface area contributed by atoms with Crippen LogP contribution in [0.3, 0.4) is 0 Å². The molecule has 90 valence electrons. The van der Waals surface area contributed by atoms with E-state index in [0.717, 1.165) is 25.3 Å². The van der Waals surface area contributed by atoms with Crippen LogP contribution in [-0.2, 0) is 4.74 Å². The van der Waals surface area contributed by atoms with Gasteiger partial charge in [0.05, 0.1) is 6.10 Å². The van der Waals surface area contributed by atoms with Gasteiger partial charge in [-0.05, 0) is 44.1 Å². The Kier molecular flexibility index (Phi) is 6.22. The molecule has 0 aromatic carbocycles. The van der Waals surface area contributed by atoms with Gasteiger partial charge in [-0.1, -0.05) is 13.3 Å². The summed E-state index contributed by atoms with van der Waals surface area (Å²) in [5, 5.41) is 8.71. The molecule has 0 bridgehead atoms. The molecule has 3 atom stereocenters. The first-order valence-corrected chi connectivity index (χ1v) is 6.24. The largest absolute Gasteiger partial charge is 0.396 e. The van der Waals surface area contributed by atoms with Crippen molar-refractivity contribution in [2.24, 2.45) is 17.6 Å². The molecule has 15 heavy (non-hydrogen) atoms. The third-order valence-corrected chi connectivity index (χ3v) is 3.55. The fourth-order valence-electron chi connectivity index (χ4n) is 2.42. The molecule has 0 aliphatic heterocycles. The molecule has 1 fully saturated rings. The Balaban J connectivity index is 2.33. The lowest BCUT2D eigenvalue weighted by molar-refractivity contribution is -0.0278. The van der Waals surface area contributed by atoms with Crippen molar-refractivity contribution >= 4 is 0 Å². The number of hydrogen-bond donors (Lipinski definition) is 2. The Labute approximate surface area is 93.0 Å². The predicted octanol–water partition coefficient (Wildman–Crippen LogP) is 1.54. The van der Waals surface area contributed by atoms with Gasteiger partial charge < -0.3 is 15.6 Å². The first kappa shape index (κ1) is 12.9. The van der Waals surface area contributed by atoms with E-state index >= 15 is 0 Å². The Morgan fingerprint density at radius 2 is 2.20 bits per heavy atom. The number of aliphatic hydroxyl groups is 1. The van der Waals surface area contributed by atoms with Crippen molar-refractivity contribution in [3.63, 3.8) is 0 Å². The number of hydrogen-bond acceptors (Lipinski definition) is 3. The number of ether oxygens (including phenoxy) is 1. The molecule has 0 amide bonds. The Bertz CT molecular complexity index is 164. The van der Waals surface area contributed by atoms with Gasteiger partial charge in [0.1, 0.15) is 0 Å². The molecule has 3 N–H and O–H groups in total. The van der Waals surface area contributed by atoms with Crippen LogP contribution in [0.1, 0.15) is 39.0 Å². The highest BCUT2D eigenvalue weighted by Gasteiger charge is 2.29. The van der Waals surface area contributed by atoms with Crippen LogP contribution in [0.25, 0.3) is 0 Å². The van der Waals surface area contributed by atoms with E-state index in [4.69, 9.17) is 15.6 Å². The summed E-state index contributed by atoms with van der Waals surface area (Å²) in [5.74, 6) is 1.35. The summed E-state index contributed by atoms with van der Waals surface area (Å²) < 4.78 is 5.82. The van der Waals surface area contributed by atoms with Crippen molar-refractivity contribution in [3.05, 3.63) is 0 Å². The SMILES string of the molecule is CCC1CCC(CN)C(OCCCO)C1. The van der Waals surface area contributed by atoms with Crippen LogP contribution >= 0.6 is 0 Å². The molecule has 0 radical (unpaired) electrons. The first-order valence-electron chi connectivity index (χ1n) is 6.24. The molecular formula is C12H25NO2. The lowest BCUT2D eigenvalue weighted by Crippen LogP contribution is -2.36. The molecule has 1 aliphatic carbocycles. The third kappa shape index (κ3) is 4.09. The van der Waals surface area contributed by atoms with Crippen LogP contribution in [-0.4, -0.2) is 31.0 Å². The second-order valence-electron chi connectivity index (χ2n) is 4.57. The van der Waals surface area contributed by atoms with E-state index in [-0.39, 0.29) is 6.61 Å². The van der Waals surface area contributed by atoms with Crippen LogP contribution in [0.4, 0.5) is 0 Å². The fraction of sp³-hybridized carbons (Fsp3) is 1.00. The van der Waals surface area contributed by atoms with Crippen molar-refractivity contribution in [3.8, 4) is 0 Å². The molecule has 0 saturated heterocycles. The highest BCUT2D eigenvalue weighted by Crippen LogP contribution is 2.32. The second kappa shape index (κ2) is 7.20. The van der Waals surface area contributed by atoms with E-state index in [0.29, 0.717) is 18.6 Å². The van der Waals surface area contributed by atoms with Crippen LogP contribution in [0.15, 0.2) is 0 Å². The van der Waals surface area contributed by atoms with Crippen LogP contribution < -0.4 is 5.73 Å². The maximum Gasteiger partial charge on any atom is 0.0618 e. The Morgan fingerprint density at radius 3 is 2.80 bits per heavy atom. The lowest BCUT2D eigenvalue weighted by Gasteiger charge is -2.35. The normalized spacial score (nSPS) is 31.8. The molecule has 3 heteroatoms. The van der Waals surface area contributed by atoms with Gasteiger partial charge in [0.15, 0.2) is 0 Å². The number of aliphatic hydroxyl groups excluding tert-OH is 1. The van der Waals surface area contributed by atoms with E-state index in [9.17, 15) is 0 Å². The summed E-state index contributed by atoms with van der Waals surface area (Å²) in [6.45, 7) is 3.88. The van der Waals surface area contributed by atoms with E-state index in [1.54, 1.807) is 0 Å². The third-order valence-electron chi connectivity index (χ3n) is 3.55. The molecule has 0 aromatic heterocycles. The van der Waals surface area contributed by atoms with E-state index in [2.05, 4.69) is 6.92 Å². The average molecular weight is 215 g/mol. The summed E-state index contributed by atoms with van der Waals surface area (Å²) >= 11 is 0. The minimum Gasteiger partial charge on any atom is -0.396 e.